The maximum absolute atomic E-state index is 10.5. The van der Waals surface area contributed by atoms with Crippen LogP contribution in [-0.4, -0.2) is 20.4 Å². The van der Waals surface area contributed by atoms with Gasteiger partial charge in [0.2, 0.25) is 0 Å². The van der Waals surface area contributed by atoms with Gasteiger partial charge in [0.1, 0.15) is 23.0 Å². The summed E-state index contributed by atoms with van der Waals surface area (Å²) in [5.74, 6) is 0.668. The Labute approximate surface area is 206 Å². The summed E-state index contributed by atoms with van der Waals surface area (Å²) in [5, 5.41) is 41.2. The van der Waals surface area contributed by atoms with Crippen molar-refractivity contribution < 1.29 is 20.4 Å². The van der Waals surface area contributed by atoms with E-state index in [1.54, 1.807) is 18.2 Å². The second-order valence-electron chi connectivity index (χ2n) is 9.60. The molecule has 35 heavy (non-hydrogen) atoms. The van der Waals surface area contributed by atoms with Crippen molar-refractivity contribution in [3.63, 3.8) is 0 Å². The van der Waals surface area contributed by atoms with Gasteiger partial charge in [0.05, 0.1) is 0 Å². The minimum absolute atomic E-state index is 0.166. The minimum Gasteiger partial charge on any atom is -0.508 e. The molecule has 1 unspecified atom stereocenters. The normalized spacial score (nSPS) is 12.2. The van der Waals surface area contributed by atoms with Crippen LogP contribution in [0.2, 0.25) is 0 Å². The molecule has 180 valence electrons. The van der Waals surface area contributed by atoms with Crippen molar-refractivity contribution in [2.24, 2.45) is 0 Å². The zero-order valence-electron chi connectivity index (χ0n) is 20.8. The summed E-state index contributed by atoms with van der Waals surface area (Å²) >= 11 is 0. The fourth-order valence-corrected chi connectivity index (χ4v) is 4.94. The number of hydrogen-bond donors (Lipinski definition) is 4. The largest absolute Gasteiger partial charge is 0.508 e. The third-order valence-electron chi connectivity index (χ3n) is 6.95. The summed E-state index contributed by atoms with van der Waals surface area (Å²) in [6.45, 7) is 9.44. The van der Waals surface area contributed by atoms with Crippen molar-refractivity contribution in [1.82, 2.24) is 0 Å². The molecular formula is C31H32O4. The lowest BCUT2D eigenvalue weighted by molar-refractivity contribution is 0.465. The van der Waals surface area contributed by atoms with Crippen LogP contribution in [-0.2, 0) is 0 Å². The number of aryl methyl sites for hydroxylation is 5. The number of phenolic OH excluding ortho intramolecular Hbond substituents is 4. The molecule has 4 rings (SSSR count). The molecule has 4 aromatic rings. The number of hydrogen-bond acceptors (Lipinski definition) is 4. The SMILES string of the molecule is Cc1cc(C(c2ccc(O)c(C)c2)C(c2ccc(O)c(C)c2)c2cc(C)c(O)c(C)c2)ccc1O. The zero-order valence-corrected chi connectivity index (χ0v) is 20.8. The fraction of sp³-hybridized carbons (Fsp3) is 0.226. The zero-order chi connectivity index (χ0) is 25.4. The van der Waals surface area contributed by atoms with Gasteiger partial charge in [-0.1, -0.05) is 48.5 Å². The highest BCUT2D eigenvalue weighted by atomic mass is 16.3. The lowest BCUT2D eigenvalue weighted by Crippen LogP contribution is -2.16. The summed E-state index contributed by atoms with van der Waals surface area (Å²) in [5.41, 5.74) is 8.02. The van der Waals surface area contributed by atoms with Gasteiger partial charge in [-0.3, -0.25) is 0 Å². The van der Waals surface area contributed by atoms with E-state index in [1.165, 1.54) is 0 Å². The smallest absolute Gasteiger partial charge is 0.121 e. The molecule has 0 amide bonds. The minimum atomic E-state index is -0.166. The third kappa shape index (κ3) is 4.69. The van der Waals surface area contributed by atoms with E-state index in [0.29, 0.717) is 0 Å². The van der Waals surface area contributed by atoms with Gasteiger partial charge in [0.15, 0.2) is 0 Å². The topological polar surface area (TPSA) is 80.9 Å². The Kier molecular flexibility index (Phi) is 6.49. The molecule has 0 aliphatic heterocycles. The first kappa shape index (κ1) is 24.2. The van der Waals surface area contributed by atoms with E-state index in [0.717, 1.165) is 50.1 Å². The van der Waals surface area contributed by atoms with Crippen molar-refractivity contribution in [3.05, 3.63) is 117 Å². The van der Waals surface area contributed by atoms with E-state index in [1.807, 2.05) is 83.1 Å². The van der Waals surface area contributed by atoms with Gasteiger partial charge in [-0.2, -0.15) is 0 Å². The first-order chi connectivity index (χ1) is 16.6. The molecule has 0 aliphatic rings. The molecule has 0 heterocycles. The Morgan fingerprint density at radius 3 is 1.00 bits per heavy atom. The first-order valence-corrected chi connectivity index (χ1v) is 11.8. The summed E-state index contributed by atoms with van der Waals surface area (Å²) in [4.78, 5) is 0. The van der Waals surface area contributed by atoms with Crippen LogP contribution in [0.5, 0.6) is 23.0 Å². The summed E-state index contributed by atoms with van der Waals surface area (Å²) in [6.07, 6.45) is 0. The molecule has 4 nitrogen and oxygen atoms in total. The molecule has 0 spiro atoms. The Bertz CT molecular complexity index is 1330. The van der Waals surface area contributed by atoms with E-state index in [4.69, 9.17) is 0 Å². The lowest BCUT2D eigenvalue weighted by atomic mass is 9.72. The highest BCUT2D eigenvalue weighted by Crippen LogP contribution is 2.46. The van der Waals surface area contributed by atoms with Gasteiger partial charge in [-0.15, -0.1) is 0 Å². The van der Waals surface area contributed by atoms with Gasteiger partial charge in [0.25, 0.3) is 0 Å². The van der Waals surface area contributed by atoms with Crippen molar-refractivity contribution in [2.75, 3.05) is 0 Å². The van der Waals surface area contributed by atoms with Crippen molar-refractivity contribution in [1.29, 1.82) is 0 Å². The summed E-state index contributed by atoms with van der Waals surface area (Å²) in [6, 6.07) is 21.0. The van der Waals surface area contributed by atoms with Crippen LogP contribution in [0.15, 0.2) is 66.7 Å². The lowest BCUT2D eigenvalue weighted by Gasteiger charge is -2.31. The maximum Gasteiger partial charge on any atom is 0.121 e. The van der Waals surface area contributed by atoms with E-state index in [2.05, 4.69) is 0 Å². The standard InChI is InChI=1S/C31H32O4/c1-17-12-22(6-9-26(17)32)29(23-7-10-27(33)18(2)13-23)30(24-8-11-28(34)19(3)14-24)25-15-20(4)31(35)21(5)16-25/h6-16,29-30,32-35H,1-5H3. The quantitative estimate of drug-likeness (QED) is 0.254. The molecule has 0 saturated heterocycles. The van der Waals surface area contributed by atoms with Gasteiger partial charge >= 0.3 is 0 Å². The summed E-state index contributed by atoms with van der Waals surface area (Å²) < 4.78 is 0. The van der Waals surface area contributed by atoms with Crippen LogP contribution in [0.4, 0.5) is 0 Å². The van der Waals surface area contributed by atoms with Crippen LogP contribution >= 0.6 is 0 Å². The Balaban J connectivity index is 2.06. The van der Waals surface area contributed by atoms with Gasteiger partial charge < -0.3 is 20.4 Å². The van der Waals surface area contributed by atoms with E-state index < -0.39 is 0 Å². The van der Waals surface area contributed by atoms with E-state index in [9.17, 15) is 20.4 Å². The number of rotatable bonds is 5. The fourth-order valence-electron chi connectivity index (χ4n) is 4.94. The van der Waals surface area contributed by atoms with Crippen LogP contribution < -0.4 is 0 Å². The van der Waals surface area contributed by atoms with Gasteiger partial charge in [-0.05, 0) is 103 Å². The first-order valence-electron chi connectivity index (χ1n) is 11.8. The predicted molar refractivity (Wildman–Crippen MR) is 140 cm³/mol. The van der Waals surface area contributed by atoms with Crippen LogP contribution in [0.1, 0.15) is 61.9 Å². The average molecular weight is 469 g/mol. The Morgan fingerprint density at radius 1 is 0.400 bits per heavy atom. The predicted octanol–water partition coefficient (Wildman–Crippen LogP) is 7.02. The molecular weight excluding hydrogens is 436 g/mol. The average Bonchev–Trinajstić information content (AvgIpc) is 2.81. The van der Waals surface area contributed by atoms with E-state index in [-0.39, 0.29) is 34.8 Å². The number of benzene rings is 4. The van der Waals surface area contributed by atoms with Crippen molar-refractivity contribution in [3.8, 4) is 23.0 Å². The number of phenols is 4. The number of aromatic hydroxyl groups is 4. The van der Waals surface area contributed by atoms with E-state index >= 15 is 0 Å². The van der Waals surface area contributed by atoms with Crippen LogP contribution in [0.3, 0.4) is 0 Å². The van der Waals surface area contributed by atoms with Gasteiger partial charge in [0, 0.05) is 11.8 Å². The molecule has 4 N–H and O–H groups in total. The molecule has 0 saturated carbocycles. The van der Waals surface area contributed by atoms with Crippen LogP contribution in [0.25, 0.3) is 0 Å². The second kappa shape index (κ2) is 9.38. The second-order valence-corrected chi connectivity index (χ2v) is 9.60. The van der Waals surface area contributed by atoms with Crippen molar-refractivity contribution in [2.45, 2.75) is 46.5 Å². The molecule has 4 heteroatoms. The molecule has 0 radical (unpaired) electrons. The Hall–Kier alpha value is -3.92. The highest BCUT2D eigenvalue weighted by Gasteiger charge is 2.30. The molecule has 0 bridgehead atoms. The van der Waals surface area contributed by atoms with Gasteiger partial charge in [-0.25, -0.2) is 0 Å². The molecule has 4 aromatic carbocycles. The highest BCUT2D eigenvalue weighted by molar-refractivity contribution is 5.53. The molecule has 0 aliphatic carbocycles. The maximum atomic E-state index is 10.5. The monoisotopic (exact) mass is 468 g/mol. The molecule has 0 aromatic heterocycles. The van der Waals surface area contributed by atoms with Crippen LogP contribution in [0, 0.1) is 34.6 Å². The van der Waals surface area contributed by atoms with Crippen molar-refractivity contribution >= 4 is 0 Å². The third-order valence-corrected chi connectivity index (χ3v) is 6.95. The summed E-state index contributed by atoms with van der Waals surface area (Å²) in [7, 11) is 0. The molecule has 1 atom stereocenters. The Morgan fingerprint density at radius 2 is 0.686 bits per heavy atom. The molecule has 0 fully saturated rings.